The van der Waals surface area contributed by atoms with Gasteiger partial charge in [0.05, 0.1) is 0 Å². The Kier molecular flexibility index (Phi) is 5.03. The first-order valence-corrected chi connectivity index (χ1v) is 7.57. The van der Waals surface area contributed by atoms with Crippen LogP contribution in [0.2, 0.25) is 0 Å². The average Bonchev–Trinajstić information content (AvgIpc) is 2.53. The number of sulfonamides is 1. The van der Waals surface area contributed by atoms with E-state index in [4.69, 9.17) is 4.74 Å². The van der Waals surface area contributed by atoms with E-state index in [1.54, 1.807) is 6.07 Å². The van der Waals surface area contributed by atoms with E-state index in [0.29, 0.717) is 0 Å². The Balaban J connectivity index is 2.19. The second-order valence-corrected chi connectivity index (χ2v) is 5.56. The van der Waals surface area contributed by atoms with E-state index in [1.165, 1.54) is 18.2 Å². The molecule has 2 amide bonds. The van der Waals surface area contributed by atoms with Crippen molar-refractivity contribution in [3.63, 3.8) is 0 Å². The van der Waals surface area contributed by atoms with Gasteiger partial charge in [0.15, 0.2) is 0 Å². The standard InChI is InChI=1S/C13H11N5O4S/c1-2-7-22-10-5-3-4-6-11(10)23(20,21)18-13(19)17-12-15-8-14-9-16-12/h3-9H,1H2,(H2,14,15,16,17,18,19). The van der Waals surface area contributed by atoms with Crippen molar-refractivity contribution in [2.45, 2.75) is 4.90 Å². The lowest BCUT2D eigenvalue weighted by molar-refractivity contribution is 0.256. The summed E-state index contributed by atoms with van der Waals surface area (Å²) < 4.78 is 31.4. The first-order chi connectivity index (χ1) is 11.0. The van der Waals surface area contributed by atoms with Crippen LogP contribution in [0.25, 0.3) is 0 Å². The molecule has 0 unspecified atom stereocenters. The molecule has 10 heteroatoms. The normalized spacial score (nSPS) is 10.3. The third-order valence-electron chi connectivity index (χ3n) is 2.35. The van der Waals surface area contributed by atoms with Crippen molar-refractivity contribution < 1.29 is 17.9 Å². The minimum absolute atomic E-state index is 0.0177. The van der Waals surface area contributed by atoms with Crippen LogP contribution in [0.1, 0.15) is 0 Å². The number of hydrogen-bond acceptors (Lipinski definition) is 7. The summed E-state index contributed by atoms with van der Waals surface area (Å²) in [6, 6.07) is 4.75. The van der Waals surface area contributed by atoms with Gasteiger partial charge in [-0.25, -0.2) is 32.9 Å². The van der Waals surface area contributed by atoms with E-state index < -0.39 is 16.1 Å². The summed E-state index contributed by atoms with van der Waals surface area (Å²) in [4.78, 5) is 22.4. The summed E-state index contributed by atoms with van der Waals surface area (Å²) >= 11 is 0. The molecule has 1 aromatic heterocycles. The maximum Gasteiger partial charge on any atom is 0.335 e. The van der Waals surface area contributed by atoms with Gasteiger partial charge in [0.25, 0.3) is 10.0 Å². The van der Waals surface area contributed by atoms with E-state index in [9.17, 15) is 13.2 Å². The number of carbonyl (C=O) groups is 1. The van der Waals surface area contributed by atoms with E-state index >= 15 is 0 Å². The Hall–Kier alpha value is -3.23. The predicted octanol–water partition coefficient (Wildman–Crippen LogP) is 1.06. The molecule has 0 aliphatic carbocycles. The third-order valence-corrected chi connectivity index (χ3v) is 3.72. The molecule has 0 atom stereocenters. The fraction of sp³-hybridized carbons (Fsp3) is 0. The van der Waals surface area contributed by atoms with Gasteiger partial charge in [0.2, 0.25) is 5.95 Å². The Morgan fingerprint density at radius 2 is 1.96 bits per heavy atom. The van der Waals surface area contributed by atoms with Crippen molar-refractivity contribution in [2.24, 2.45) is 0 Å². The van der Waals surface area contributed by atoms with Crippen molar-refractivity contribution in [3.05, 3.63) is 55.5 Å². The zero-order valence-corrected chi connectivity index (χ0v) is 12.4. The van der Waals surface area contributed by atoms with Crippen molar-refractivity contribution in [1.29, 1.82) is 0 Å². The molecule has 0 saturated carbocycles. The number of rotatable bonds is 5. The molecule has 2 N–H and O–H groups in total. The molecule has 0 fully saturated rings. The highest BCUT2D eigenvalue weighted by atomic mass is 32.2. The number of urea groups is 1. The lowest BCUT2D eigenvalue weighted by Crippen LogP contribution is -2.35. The molecular formula is C13H11N5O4S. The zero-order chi connectivity index (χ0) is 16.7. The zero-order valence-electron chi connectivity index (χ0n) is 11.6. The molecule has 0 aliphatic rings. The molecule has 2 rings (SSSR count). The van der Waals surface area contributed by atoms with Gasteiger partial charge in [-0.2, -0.15) is 0 Å². The van der Waals surface area contributed by atoms with Gasteiger partial charge in [0.1, 0.15) is 29.6 Å². The Labute approximate surface area is 131 Å². The van der Waals surface area contributed by atoms with Crippen LogP contribution in [0, 0.1) is 0 Å². The van der Waals surface area contributed by atoms with E-state index in [1.807, 2.05) is 4.72 Å². The van der Waals surface area contributed by atoms with Crippen LogP contribution in [0.15, 0.2) is 60.4 Å². The molecule has 9 nitrogen and oxygen atoms in total. The fourth-order valence-corrected chi connectivity index (χ4v) is 2.53. The molecule has 0 bridgehead atoms. The van der Waals surface area contributed by atoms with E-state index in [2.05, 4.69) is 32.6 Å². The molecule has 1 aromatic carbocycles. The molecule has 0 aliphatic heterocycles. The van der Waals surface area contributed by atoms with Gasteiger partial charge in [-0.05, 0) is 12.1 Å². The van der Waals surface area contributed by atoms with E-state index in [0.717, 1.165) is 18.9 Å². The lowest BCUT2D eigenvalue weighted by atomic mass is 10.3. The number of amides is 2. The molecule has 0 spiro atoms. The Morgan fingerprint density at radius 1 is 1.26 bits per heavy atom. The molecule has 23 heavy (non-hydrogen) atoms. The van der Waals surface area contributed by atoms with Gasteiger partial charge in [-0.3, -0.25) is 5.32 Å². The summed E-state index contributed by atoms with van der Waals surface area (Å²) in [5.74, 6) is -0.0732. The number of benzene rings is 1. The van der Waals surface area contributed by atoms with Gasteiger partial charge in [-0.15, -0.1) is 0 Å². The smallest absolute Gasteiger partial charge is 0.335 e. The summed E-state index contributed by atoms with van der Waals surface area (Å²) in [6.45, 7) is 3.31. The van der Waals surface area contributed by atoms with E-state index in [-0.39, 0.29) is 16.6 Å². The van der Waals surface area contributed by atoms with Crippen LogP contribution in [0.3, 0.4) is 0 Å². The van der Waals surface area contributed by atoms with Crippen molar-refractivity contribution >= 4 is 22.0 Å². The molecule has 2 aromatic rings. The molecule has 0 saturated heterocycles. The third kappa shape index (κ3) is 4.37. The highest BCUT2D eigenvalue weighted by Crippen LogP contribution is 2.23. The van der Waals surface area contributed by atoms with Crippen LogP contribution in [-0.4, -0.2) is 29.4 Å². The van der Waals surface area contributed by atoms with Crippen LogP contribution < -0.4 is 14.8 Å². The maximum atomic E-state index is 12.3. The number of nitrogens with zero attached hydrogens (tertiary/aromatic N) is 3. The van der Waals surface area contributed by atoms with Crippen LogP contribution in [-0.2, 0) is 10.0 Å². The van der Waals surface area contributed by atoms with Crippen LogP contribution in [0.5, 0.6) is 5.75 Å². The Bertz CT molecular complexity index is 848. The minimum Gasteiger partial charge on any atom is -0.455 e. The number of carbonyl (C=O) groups excluding carboxylic acids is 1. The lowest BCUT2D eigenvalue weighted by Gasteiger charge is -2.10. The first-order valence-electron chi connectivity index (χ1n) is 6.09. The van der Waals surface area contributed by atoms with Gasteiger partial charge in [-0.1, -0.05) is 24.4 Å². The summed E-state index contributed by atoms with van der Waals surface area (Å²) in [7, 11) is -4.17. The molecule has 0 radical (unpaired) electrons. The number of ether oxygens (including phenoxy) is 1. The predicted molar refractivity (Wildman–Crippen MR) is 79.9 cm³/mol. The Morgan fingerprint density at radius 3 is 2.65 bits per heavy atom. The number of nitrogens with one attached hydrogen (secondary N) is 2. The van der Waals surface area contributed by atoms with Crippen molar-refractivity contribution in [1.82, 2.24) is 19.7 Å². The van der Waals surface area contributed by atoms with Gasteiger partial charge in [0, 0.05) is 0 Å². The first kappa shape index (κ1) is 16.1. The fourth-order valence-electron chi connectivity index (χ4n) is 1.48. The number of aromatic nitrogens is 3. The van der Waals surface area contributed by atoms with Gasteiger partial charge >= 0.3 is 6.03 Å². The summed E-state index contributed by atoms with van der Waals surface area (Å²) in [5.41, 5.74) is 2.35. The van der Waals surface area contributed by atoms with Crippen molar-refractivity contribution in [3.8, 4) is 5.75 Å². The summed E-state index contributed by atoms with van der Waals surface area (Å²) in [5, 5.41) is 2.17. The highest BCUT2D eigenvalue weighted by molar-refractivity contribution is 7.90. The molecular weight excluding hydrogens is 322 g/mol. The molecule has 1 heterocycles. The van der Waals surface area contributed by atoms with Gasteiger partial charge < -0.3 is 4.74 Å². The number of hydrogen-bond donors (Lipinski definition) is 2. The highest BCUT2D eigenvalue weighted by Gasteiger charge is 2.22. The van der Waals surface area contributed by atoms with Crippen LogP contribution in [0.4, 0.5) is 10.7 Å². The monoisotopic (exact) mass is 333 g/mol. The second kappa shape index (κ2) is 7.16. The molecule has 118 valence electrons. The number of para-hydroxylation sites is 1. The average molecular weight is 333 g/mol. The topological polar surface area (TPSA) is 123 Å². The quantitative estimate of drug-likeness (QED) is 0.619. The summed E-state index contributed by atoms with van der Waals surface area (Å²) in [6.07, 6.45) is 3.41. The minimum atomic E-state index is -4.17. The van der Waals surface area contributed by atoms with Crippen LogP contribution >= 0.6 is 0 Å². The SMILES string of the molecule is C=C=COc1ccccc1S(=O)(=O)NC(=O)Nc1ncncn1. The maximum absolute atomic E-state index is 12.3. The number of anilines is 1. The largest absolute Gasteiger partial charge is 0.455 e. The second-order valence-electron chi connectivity index (χ2n) is 3.91. The van der Waals surface area contributed by atoms with Crippen molar-refractivity contribution in [2.75, 3.05) is 5.32 Å².